The molecule has 0 fully saturated rings. The van der Waals surface area contributed by atoms with Gasteiger partial charge in [0.25, 0.3) is 0 Å². The fourth-order valence-electron chi connectivity index (χ4n) is 4.23. The molecule has 0 spiro atoms. The van der Waals surface area contributed by atoms with E-state index in [2.05, 4.69) is 50.4 Å². The Kier molecular flexibility index (Phi) is 12.7. The average Bonchev–Trinajstić information content (AvgIpc) is 2.72. The van der Waals surface area contributed by atoms with E-state index in [1.54, 1.807) is 24.4 Å². The molecular formula is C26H45NO4Sn. The van der Waals surface area contributed by atoms with Gasteiger partial charge in [-0.2, -0.15) is 0 Å². The van der Waals surface area contributed by atoms with Crippen molar-refractivity contribution >= 4 is 34.0 Å². The normalized spacial score (nSPS) is 12.9. The fourth-order valence-corrected chi connectivity index (χ4v) is 20.2. The van der Waals surface area contributed by atoms with Crippen LogP contribution in [0.2, 0.25) is 13.3 Å². The van der Waals surface area contributed by atoms with E-state index in [4.69, 9.17) is 4.74 Å². The van der Waals surface area contributed by atoms with Gasteiger partial charge in [0, 0.05) is 0 Å². The number of carboxylic acid groups (broad SMARTS) is 1. The van der Waals surface area contributed by atoms with Gasteiger partial charge < -0.3 is 0 Å². The van der Waals surface area contributed by atoms with Crippen molar-refractivity contribution in [2.24, 2.45) is 0 Å². The van der Waals surface area contributed by atoms with Crippen LogP contribution in [0.3, 0.4) is 0 Å². The van der Waals surface area contributed by atoms with Crippen LogP contribution in [0.4, 0.5) is 4.79 Å². The molecule has 32 heavy (non-hydrogen) atoms. The zero-order chi connectivity index (χ0) is 24.2. The van der Waals surface area contributed by atoms with Gasteiger partial charge in [0.1, 0.15) is 0 Å². The molecule has 0 heterocycles. The van der Waals surface area contributed by atoms with Crippen LogP contribution < -0.4 is 8.90 Å². The van der Waals surface area contributed by atoms with Crippen molar-refractivity contribution in [3.05, 3.63) is 29.8 Å². The van der Waals surface area contributed by atoms with E-state index in [0.717, 1.165) is 5.56 Å². The van der Waals surface area contributed by atoms with Crippen molar-refractivity contribution in [3.63, 3.8) is 0 Å². The predicted molar refractivity (Wildman–Crippen MR) is 135 cm³/mol. The van der Waals surface area contributed by atoms with Crippen LogP contribution in [0, 0.1) is 0 Å². The van der Waals surface area contributed by atoms with E-state index in [1.165, 1.54) is 51.8 Å². The first-order valence-corrected chi connectivity index (χ1v) is 19.9. The number of carbonyl (C=O) groups excluding carboxylic acids is 1. The van der Waals surface area contributed by atoms with Crippen molar-refractivity contribution in [2.75, 3.05) is 0 Å². The maximum absolute atomic E-state index is 12.1. The molecule has 1 rings (SSSR count). The van der Waals surface area contributed by atoms with Crippen molar-refractivity contribution < 1.29 is 19.4 Å². The fraction of sp³-hybridized carbons (Fsp3) is 0.692. The van der Waals surface area contributed by atoms with E-state index < -0.39 is 42.1 Å². The number of carboxylic acids is 1. The Morgan fingerprint density at radius 2 is 1.41 bits per heavy atom. The molecule has 0 saturated heterocycles. The Labute approximate surface area is 199 Å². The van der Waals surface area contributed by atoms with Gasteiger partial charge in [0.05, 0.1) is 0 Å². The molecule has 0 aliphatic rings. The quantitative estimate of drug-likeness (QED) is 0.266. The van der Waals surface area contributed by atoms with Crippen LogP contribution in [0.5, 0.6) is 0 Å². The van der Waals surface area contributed by atoms with Crippen LogP contribution in [-0.4, -0.2) is 47.2 Å². The second-order valence-electron chi connectivity index (χ2n) is 10.0. The van der Waals surface area contributed by atoms with Gasteiger partial charge in [0.2, 0.25) is 0 Å². The molecule has 0 aromatic heterocycles. The number of carbonyl (C=O) groups is 2. The summed E-state index contributed by atoms with van der Waals surface area (Å²) in [6.07, 6.45) is 7.21. The number of rotatable bonds is 14. The van der Waals surface area contributed by atoms with Gasteiger partial charge in [-0.05, 0) is 0 Å². The van der Waals surface area contributed by atoms with Gasteiger partial charge in [0.15, 0.2) is 0 Å². The number of aliphatic carboxylic acids is 1. The number of nitrogens with one attached hydrogen (secondary N) is 1. The Morgan fingerprint density at radius 3 is 1.78 bits per heavy atom. The molecule has 182 valence electrons. The number of benzene rings is 1. The molecular weight excluding hydrogens is 509 g/mol. The molecule has 0 unspecified atom stereocenters. The summed E-state index contributed by atoms with van der Waals surface area (Å²) in [6.45, 7) is 12.1. The molecule has 1 amide bonds. The second kappa shape index (κ2) is 14.1. The Balaban J connectivity index is 3.04. The molecule has 0 aliphatic carbocycles. The summed E-state index contributed by atoms with van der Waals surface area (Å²) in [5, 5.41) is 12.1. The number of ether oxygens (including phenoxy) is 1. The predicted octanol–water partition coefficient (Wildman–Crippen LogP) is 6.26. The van der Waals surface area contributed by atoms with Gasteiger partial charge in [-0.25, -0.2) is 0 Å². The van der Waals surface area contributed by atoms with Gasteiger partial charge in [-0.3, -0.25) is 0 Å². The van der Waals surface area contributed by atoms with Crippen LogP contribution in [0.25, 0.3) is 0 Å². The molecule has 1 atom stereocenters. The number of alkyl carbamates (subject to hydrolysis) is 1. The van der Waals surface area contributed by atoms with E-state index in [9.17, 15) is 14.7 Å². The zero-order valence-corrected chi connectivity index (χ0v) is 24.0. The van der Waals surface area contributed by atoms with Crippen molar-refractivity contribution in [2.45, 2.75) is 111 Å². The first kappa shape index (κ1) is 28.8. The Bertz CT molecular complexity index is 675. The van der Waals surface area contributed by atoms with Crippen LogP contribution in [0.15, 0.2) is 24.3 Å². The third-order valence-corrected chi connectivity index (χ3v) is 21.7. The van der Waals surface area contributed by atoms with E-state index >= 15 is 0 Å². The molecule has 1 aromatic carbocycles. The molecule has 2 N–H and O–H groups in total. The summed E-state index contributed by atoms with van der Waals surface area (Å²) >= 11 is -2.49. The molecule has 0 aliphatic heterocycles. The summed E-state index contributed by atoms with van der Waals surface area (Å²) in [7, 11) is 0. The Morgan fingerprint density at radius 1 is 0.938 bits per heavy atom. The van der Waals surface area contributed by atoms with E-state index in [1.807, 2.05) is 0 Å². The number of amides is 1. The molecule has 0 radical (unpaired) electrons. The van der Waals surface area contributed by atoms with Crippen LogP contribution >= 0.6 is 0 Å². The minimum atomic E-state index is -2.49. The van der Waals surface area contributed by atoms with Crippen molar-refractivity contribution in [1.82, 2.24) is 5.32 Å². The van der Waals surface area contributed by atoms with Crippen LogP contribution in [-0.2, 0) is 16.0 Å². The second-order valence-corrected chi connectivity index (χ2v) is 23.3. The summed E-state index contributed by atoms with van der Waals surface area (Å²) in [4.78, 5) is 23.8. The summed E-state index contributed by atoms with van der Waals surface area (Å²) in [5.41, 5.74) is 0.263. The molecule has 5 nitrogen and oxygen atoms in total. The average molecular weight is 554 g/mol. The topological polar surface area (TPSA) is 75.6 Å². The maximum atomic E-state index is 12.1. The van der Waals surface area contributed by atoms with Gasteiger partial charge in [-0.1, -0.05) is 0 Å². The summed E-state index contributed by atoms with van der Waals surface area (Å²) in [5.74, 6) is -1.05. The third kappa shape index (κ3) is 10.1. The molecule has 0 saturated carbocycles. The van der Waals surface area contributed by atoms with Crippen molar-refractivity contribution in [1.29, 1.82) is 0 Å². The monoisotopic (exact) mass is 555 g/mol. The number of hydrogen-bond donors (Lipinski definition) is 2. The third-order valence-electron chi connectivity index (χ3n) is 6.02. The molecule has 6 heteroatoms. The van der Waals surface area contributed by atoms with Gasteiger partial charge >= 0.3 is 200 Å². The first-order chi connectivity index (χ1) is 15.1. The molecule has 1 aromatic rings. The first-order valence-electron chi connectivity index (χ1n) is 12.4. The van der Waals surface area contributed by atoms with Crippen LogP contribution in [0.1, 0.15) is 85.6 Å². The zero-order valence-electron chi connectivity index (χ0n) is 21.1. The van der Waals surface area contributed by atoms with E-state index in [-0.39, 0.29) is 6.42 Å². The summed E-state index contributed by atoms with van der Waals surface area (Å²) < 4.78 is 11.0. The SMILES string of the molecule is CCC[CH2][Sn]([CH2]CCC)([CH2]CCC)[c]1ccc(C[C@H](NC(=O)OC(C)(C)C)C(=O)O)cc1. The number of unbranched alkanes of at least 4 members (excludes halogenated alkanes) is 3. The molecule has 0 bridgehead atoms. The van der Waals surface area contributed by atoms with E-state index in [0.29, 0.717) is 0 Å². The van der Waals surface area contributed by atoms with Crippen molar-refractivity contribution in [3.8, 4) is 0 Å². The standard InChI is InChI=1S/C14H18NO4.3C4H9.Sn/c1-14(2,3)19-13(18)15-11(12(16)17)9-10-7-5-4-6-8-10;3*1-3-4-2;/h5-8,11H,9H2,1-3H3,(H,15,18)(H,16,17);3*1,3-4H2,2H3;/t11-;;;;/m0..../s1. The van der Waals surface area contributed by atoms with Gasteiger partial charge in [-0.15, -0.1) is 0 Å². The Hall–Kier alpha value is -1.24. The minimum absolute atomic E-state index is 0.246. The summed E-state index contributed by atoms with van der Waals surface area (Å²) in [6, 6.07) is 7.70. The number of hydrogen-bond acceptors (Lipinski definition) is 3.